The first-order valence-corrected chi connectivity index (χ1v) is 7.90. The molecule has 1 N–H and O–H groups in total. The number of aromatic nitrogens is 2. The van der Waals surface area contributed by atoms with Gasteiger partial charge in [-0.15, -0.1) is 0 Å². The summed E-state index contributed by atoms with van der Waals surface area (Å²) in [5.41, 5.74) is 6.88. The van der Waals surface area contributed by atoms with Crippen molar-refractivity contribution in [2.24, 2.45) is 0 Å². The summed E-state index contributed by atoms with van der Waals surface area (Å²) in [6.07, 6.45) is 2.26. The summed E-state index contributed by atoms with van der Waals surface area (Å²) in [6, 6.07) is 7.06. The Bertz CT molecular complexity index is 655. The molecule has 3 rings (SSSR count). The number of nitrogens with one attached hydrogen (secondary N) is 1. The first-order valence-electron chi connectivity index (χ1n) is 7.90. The van der Waals surface area contributed by atoms with E-state index in [-0.39, 0.29) is 0 Å². The van der Waals surface area contributed by atoms with Crippen LogP contribution in [0.15, 0.2) is 18.2 Å². The van der Waals surface area contributed by atoms with Crippen LogP contribution in [0.3, 0.4) is 0 Å². The van der Waals surface area contributed by atoms with Gasteiger partial charge in [0.15, 0.2) is 0 Å². The molecule has 1 aromatic heterocycles. The standard InChI is InChI=1S/C18H25N3/c1-12-6-5-7-16(13(12)2)8-9-17-18-14(3)20-15(4)21(18)11-10-19-17/h5-7,17,19H,8-11H2,1-4H3/t17-/m0/s1. The lowest BCUT2D eigenvalue weighted by molar-refractivity contribution is 0.400. The number of nitrogens with zero attached hydrogens (tertiary/aromatic N) is 2. The van der Waals surface area contributed by atoms with Gasteiger partial charge in [-0.2, -0.15) is 0 Å². The zero-order chi connectivity index (χ0) is 15.0. The van der Waals surface area contributed by atoms with Crippen molar-refractivity contribution >= 4 is 0 Å². The molecule has 1 atom stereocenters. The van der Waals surface area contributed by atoms with E-state index in [4.69, 9.17) is 0 Å². The molecule has 0 bridgehead atoms. The molecule has 0 radical (unpaired) electrons. The molecule has 0 amide bonds. The smallest absolute Gasteiger partial charge is 0.106 e. The van der Waals surface area contributed by atoms with Crippen molar-refractivity contribution in [1.82, 2.24) is 14.9 Å². The molecule has 0 saturated carbocycles. The van der Waals surface area contributed by atoms with E-state index >= 15 is 0 Å². The zero-order valence-electron chi connectivity index (χ0n) is 13.5. The fourth-order valence-electron chi connectivity index (χ4n) is 3.52. The molecular weight excluding hydrogens is 258 g/mol. The lowest BCUT2D eigenvalue weighted by atomic mass is 9.96. The zero-order valence-corrected chi connectivity index (χ0v) is 13.5. The molecule has 0 fully saturated rings. The fraction of sp³-hybridized carbons (Fsp3) is 0.500. The Balaban J connectivity index is 1.80. The average Bonchev–Trinajstić information content (AvgIpc) is 2.76. The Kier molecular flexibility index (Phi) is 3.85. The highest BCUT2D eigenvalue weighted by Crippen LogP contribution is 2.27. The van der Waals surface area contributed by atoms with Gasteiger partial charge in [0.25, 0.3) is 0 Å². The Morgan fingerprint density at radius 3 is 2.86 bits per heavy atom. The minimum atomic E-state index is 0.430. The van der Waals surface area contributed by atoms with Crippen LogP contribution >= 0.6 is 0 Å². The summed E-state index contributed by atoms with van der Waals surface area (Å²) >= 11 is 0. The van der Waals surface area contributed by atoms with Crippen LogP contribution in [0.4, 0.5) is 0 Å². The lowest BCUT2D eigenvalue weighted by Gasteiger charge is -2.27. The monoisotopic (exact) mass is 283 g/mol. The van der Waals surface area contributed by atoms with Crippen LogP contribution in [-0.2, 0) is 13.0 Å². The van der Waals surface area contributed by atoms with Gasteiger partial charge in [-0.3, -0.25) is 0 Å². The predicted octanol–water partition coefficient (Wildman–Crippen LogP) is 3.39. The minimum absolute atomic E-state index is 0.430. The predicted molar refractivity (Wildman–Crippen MR) is 86.7 cm³/mol. The fourth-order valence-corrected chi connectivity index (χ4v) is 3.52. The molecule has 0 aliphatic carbocycles. The van der Waals surface area contributed by atoms with Crippen molar-refractivity contribution in [1.29, 1.82) is 0 Å². The van der Waals surface area contributed by atoms with Gasteiger partial charge in [-0.25, -0.2) is 4.98 Å². The molecule has 0 saturated heterocycles. The average molecular weight is 283 g/mol. The second kappa shape index (κ2) is 5.64. The molecular formula is C18H25N3. The van der Waals surface area contributed by atoms with Crippen LogP contribution in [0, 0.1) is 27.7 Å². The maximum atomic E-state index is 4.65. The topological polar surface area (TPSA) is 29.9 Å². The molecule has 3 nitrogen and oxygen atoms in total. The maximum absolute atomic E-state index is 4.65. The van der Waals surface area contributed by atoms with E-state index in [0.29, 0.717) is 6.04 Å². The molecule has 2 aromatic rings. The lowest BCUT2D eigenvalue weighted by Crippen LogP contribution is -2.34. The number of rotatable bonds is 3. The van der Waals surface area contributed by atoms with Crippen molar-refractivity contribution in [3.05, 3.63) is 52.1 Å². The number of imidazole rings is 1. The van der Waals surface area contributed by atoms with Gasteiger partial charge >= 0.3 is 0 Å². The van der Waals surface area contributed by atoms with Crippen LogP contribution in [0.1, 0.15) is 46.4 Å². The SMILES string of the molecule is Cc1cccc(CC[C@@H]2NCCn3c(C)nc(C)c32)c1C. The molecule has 2 heterocycles. The summed E-state index contributed by atoms with van der Waals surface area (Å²) in [7, 11) is 0. The summed E-state index contributed by atoms with van der Waals surface area (Å²) in [5.74, 6) is 1.15. The Morgan fingerprint density at radius 2 is 2.05 bits per heavy atom. The van der Waals surface area contributed by atoms with Crippen LogP contribution in [0.2, 0.25) is 0 Å². The summed E-state index contributed by atoms with van der Waals surface area (Å²) in [6.45, 7) is 10.8. The van der Waals surface area contributed by atoms with E-state index in [2.05, 4.69) is 60.8 Å². The third-order valence-corrected chi connectivity index (χ3v) is 4.86. The number of hydrogen-bond acceptors (Lipinski definition) is 2. The third-order valence-electron chi connectivity index (χ3n) is 4.86. The number of benzene rings is 1. The van der Waals surface area contributed by atoms with Crippen molar-refractivity contribution < 1.29 is 0 Å². The Morgan fingerprint density at radius 1 is 1.24 bits per heavy atom. The first-order chi connectivity index (χ1) is 10.1. The van der Waals surface area contributed by atoms with Gasteiger partial charge in [-0.05, 0) is 57.2 Å². The molecule has 0 spiro atoms. The van der Waals surface area contributed by atoms with E-state index < -0.39 is 0 Å². The highest BCUT2D eigenvalue weighted by atomic mass is 15.2. The normalized spacial score (nSPS) is 17.8. The van der Waals surface area contributed by atoms with E-state index in [1.807, 2.05) is 0 Å². The van der Waals surface area contributed by atoms with Crippen LogP contribution in [0.5, 0.6) is 0 Å². The van der Waals surface area contributed by atoms with Gasteiger partial charge < -0.3 is 9.88 Å². The minimum Gasteiger partial charge on any atom is -0.329 e. The number of fused-ring (bicyclic) bond motifs is 1. The summed E-state index contributed by atoms with van der Waals surface area (Å²) < 4.78 is 2.39. The maximum Gasteiger partial charge on any atom is 0.106 e. The second-order valence-corrected chi connectivity index (χ2v) is 6.19. The van der Waals surface area contributed by atoms with Crippen LogP contribution < -0.4 is 5.32 Å². The quantitative estimate of drug-likeness (QED) is 0.935. The molecule has 0 unspecified atom stereocenters. The van der Waals surface area contributed by atoms with E-state index in [1.165, 1.54) is 28.1 Å². The second-order valence-electron chi connectivity index (χ2n) is 6.19. The Hall–Kier alpha value is -1.61. The Labute approximate surface area is 127 Å². The largest absolute Gasteiger partial charge is 0.329 e. The highest BCUT2D eigenvalue weighted by molar-refractivity contribution is 5.33. The van der Waals surface area contributed by atoms with Crippen molar-refractivity contribution in [3.8, 4) is 0 Å². The highest BCUT2D eigenvalue weighted by Gasteiger charge is 2.24. The number of aryl methyl sites for hydroxylation is 4. The molecule has 1 aliphatic rings. The molecule has 112 valence electrons. The van der Waals surface area contributed by atoms with Crippen LogP contribution in [-0.4, -0.2) is 16.1 Å². The molecule has 1 aromatic carbocycles. The summed E-state index contributed by atoms with van der Waals surface area (Å²) in [4.78, 5) is 4.65. The molecule has 1 aliphatic heterocycles. The first kappa shape index (κ1) is 14.3. The van der Waals surface area contributed by atoms with E-state index in [0.717, 1.165) is 31.8 Å². The van der Waals surface area contributed by atoms with Gasteiger partial charge in [0.1, 0.15) is 5.82 Å². The van der Waals surface area contributed by atoms with Crippen LogP contribution in [0.25, 0.3) is 0 Å². The van der Waals surface area contributed by atoms with Crippen molar-refractivity contribution in [3.63, 3.8) is 0 Å². The summed E-state index contributed by atoms with van der Waals surface area (Å²) in [5, 5.41) is 3.67. The molecule has 21 heavy (non-hydrogen) atoms. The van der Waals surface area contributed by atoms with Crippen molar-refractivity contribution in [2.75, 3.05) is 6.54 Å². The van der Waals surface area contributed by atoms with Gasteiger partial charge in [0.05, 0.1) is 11.4 Å². The molecule has 3 heteroatoms. The van der Waals surface area contributed by atoms with Gasteiger partial charge in [0, 0.05) is 19.1 Å². The van der Waals surface area contributed by atoms with E-state index in [9.17, 15) is 0 Å². The third kappa shape index (κ3) is 2.62. The van der Waals surface area contributed by atoms with Crippen molar-refractivity contribution in [2.45, 2.75) is 53.1 Å². The van der Waals surface area contributed by atoms with Gasteiger partial charge in [0.2, 0.25) is 0 Å². The van der Waals surface area contributed by atoms with E-state index in [1.54, 1.807) is 0 Å². The van der Waals surface area contributed by atoms with Gasteiger partial charge in [-0.1, -0.05) is 18.2 Å². The number of hydrogen-bond donors (Lipinski definition) is 1.